The summed E-state index contributed by atoms with van der Waals surface area (Å²) in [5, 5.41) is 10.3. The second-order valence-electron chi connectivity index (χ2n) is 4.98. The van der Waals surface area contributed by atoms with Gasteiger partial charge in [-0.1, -0.05) is 43.7 Å². The Hall–Kier alpha value is -0.860. The molecule has 2 atom stereocenters. The number of hydrogen-bond acceptors (Lipinski definition) is 2. The minimum Gasteiger partial charge on any atom is -0.388 e. The molecule has 2 unspecified atom stereocenters. The first kappa shape index (κ1) is 13.2. The van der Waals surface area contributed by atoms with Gasteiger partial charge in [0.15, 0.2) is 0 Å². The van der Waals surface area contributed by atoms with Crippen LogP contribution < -0.4 is 5.73 Å². The number of aliphatic hydroxyl groups is 1. The highest BCUT2D eigenvalue weighted by molar-refractivity contribution is 5.24. The molecule has 0 radical (unpaired) electrons. The van der Waals surface area contributed by atoms with Gasteiger partial charge in [0.1, 0.15) is 0 Å². The van der Waals surface area contributed by atoms with Crippen LogP contribution in [0.5, 0.6) is 0 Å². The Kier molecular flexibility index (Phi) is 4.97. The first-order chi connectivity index (χ1) is 7.54. The van der Waals surface area contributed by atoms with E-state index in [0.717, 1.165) is 12.0 Å². The molecule has 0 saturated heterocycles. The standard InChI is InChI=1S/C14H23NO/c1-10(2)7-13(9-15)14(16)12-6-4-5-11(3)8-12/h4-6,8,10,13-14,16H,7,9,15H2,1-3H3. The lowest BCUT2D eigenvalue weighted by molar-refractivity contribution is 0.0994. The maximum atomic E-state index is 10.3. The van der Waals surface area contributed by atoms with Crippen molar-refractivity contribution in [3.05, 3.63) is 35.4 Å². The van der Waals surface area contributed by atoms with Crippen molar-refractivity contribution in [1.82, 2.24) is 0 Å². The molecule has 2 nitrogen and oxygen atoms in total. The molecule has 0 aromatic heterocycles. The van der Waals surface area contributed by atoms with Crippen LogP contribution in [0.3, 0.4) is 0 Å². The molecule has 2 heteroatoms. The number of aliphatic hydroxyl groups excluding tert-OH is 1. The van der Waals surface area contributed by atoms with Crippen molar-refractivity contribution in [3.8, 4) is 0 Å². The third-order valence-electron chi connectivity index (χ3n) is 2.91. The van der Waals surface area contributed by atoms with Crippen molar-refractivity contribution in [1.29, 1.82) is 0 Å². The Bertz CT molecular complexity index is 322. The minimum atomic E-state index is -0.438. The van der Waals surface area contributed by atoms with Crippen LogP contribution in [0.25, 0.3) is 0 Å². The van der Waals surface area contributed by atoms with Crippen molar-refractivity contribution in [3.63, 3.8) is 0 Å². The molecule has 1 aromatic carbocycles. The molecule has 0 amide bonds. The van der Waals surface area contributed by atoms with Crippen LogP contribution in [0.4, 0.5) is 0 Å². The molecule has 0 spiro atoms. The van der Waals surface area contributed by atoms with Gasteiger partial charge < -0.3 is 10.8 Å². The second kappa shape index (κ2) is 6.02. The molecular formula is C14H23NO. The van der Waals surface area contributed by atoms with Gasteiger partial charge in [-0.25, -0.2) is 0 Å². The van der Waals surface area contributed by atoms with E-state index in [0.29, 0.717) is 12.5 Å². The lowest BCUT2D eigenvalue weighted by atomic mass is 9.88. The zero-order chi connectivity index (χ0) is 12.1. The van der Waals surface area contributed by atoms with E-state index in [-0.39, 0.29) is 5.92 Å². The average molecular weight is 221 g/mol. The highest BCUT2D eigenvalue weighted by Gasteiger charge is 2.20. The fraction of sp³-hybridized carbons (Fsp3) is 0.571. The second-order valence-corrected chi connectivity index (χ2v) is 4.98. The molecule has 0 aliphatic carbocycles. The number of hydrogen-bond donors (Lipinski definition) is 2. The van der Waals surface area contributed by atoms with Crippen molar-refractivity contribution in [2.45, 2.75) is 33.3 Å². The van der Waals surface area contributed by atoms with Crippen LogP contribution in [-0.2, 0) is 0 Å². The number of benzene rings is 1. The molecule has 0 bridgehead atoms. The molecule has 90 valence electrons. The third-order valence-corrected chi connectivity index (χ3v) is 2.91. The predicted octanol–water partition coefficient (Wildman–Crippen LogP) is 2.65. The first-order valence-corrected chi connectivity index (χ1v) is 5.99. The number of rotatable bonds is 5. The Balaban J connectivity index is 2.78. The average Bonchev–Trinajstić information content (AvgIpc) is 2.24. The maximum Gasteiger partial charge on any atom is 0.0830 e. The summed E-state index contributed by atoms with van der Waals surface area (Å²) in [7, 11) is 0. The molecule has 0 aliphatic rings. The lowest BCUT2D eigenvalue weighted by Gasteiger charge is -2.23. The van der Waals surface area contributed by atoms with Gasteiger partial charge in [0.05, 0.1) is 6.10 Å². The van der Waals surface area contributed by atoms with E-state index in [9.17, 15) is 5.11 Å². The minimum absolute atomic E-state index is 0.154. The molecule has 0 heterocycles. The van der Waals surface area contributed by atoms with Gasteiger partial charge in [-0.15, -0.1) is 0 Å². The summed E-state index contributed by atoms with van der Waals surface area (Å²) in [4.78, 5) is 0. The molecule has 16 heavy (non-hydrogen) atoms. The quantitative estimate of drug-likeness (QED) is 0.803. The van der Waals surface area contributed by atoms with Crippen LogP contribution in [0.1, 0.15) is 37.5 Å². The van der Waals surface area contributed by atoms with E-state index < -0.39 is 6.10 Å². The largest absolute Gasteiger partial charge is 0.388 e. The molecule has 3 N–H and O–H groups in total. The molecule has 0 aliphatic heterocycles. The van der Waals surface area contributed by atoms with Crippen molar-refractivity contribution < 1.29 is 5.11 Å². The van der Waals surface area contributed by atoms with Gasteiger partial charge in [0.2, 0.25) is 0 Å². The molecule has 0 saturated carbocycles. The zero-order valence-corrected chi connectivity index (χ0v) is 10.5. The summed E-state index contributed by atoms with van der Waals surface area (Å²) in [6.45, 7) is 6.89. The summed E-state index contributed by atoms with van der Waals surface area (Å²) >= 11 is 0. The van der Waals surface area contributed by atoms with E-state index in [1.165, 1.54) is 5.56 Å². The highest BCUT2D eigenvalue weighted by Crippen LogP contribution is 2.27. The summed E-state index contributed by atoms with van der Waals surface area (Å²) in [5.41, 5.74) is 7.90. The van der Waals surface area contributed by atoms with Crippen LogP contribution >= 0.6 is 0 Å². The number of nitrogens with two attached hydrogens (primary N) is 1. The van der Waals surface area contributed by atoms with E-state index in [2.05, 4.69) is 13.8 Å². The van der Waals surface area contributed by atoms with E-state index >= 15 is 0 Å². The van der Waals surface area contributed by atoms with Crippen LogP contribution in [0.2, 0.25) is 0 Å². The Morgan fingerprint density at radius 2 is 2.00 bits per heavy atom. The van der Waals surface area contributed by atoms with Gasteiger partial charge in [-0.2, -0.15) is 0 Å². The van der Waals surface area contributed by atoms with Gasteiger partial charge in [-0.3, -0.25) is 0 Å². The Labute approximate surface area is 98.5 Å². The fourth-order valence-corrected chi connectivity index (χ4v) is 2.09. The van der Waals surface area contributed by atoms with Crippen molar-refractivity contribution in [2.24, 2.45) is 17.6 Å². The first-order valence-electron chi connectivity index (χ1n) is 5.99. The SMILES string of the molecule is Cc1cccc(C(O)C(CN)CC(C)C)c1. The van der Waals surface area contributed by atoms with Crippen LogP contribution in [0.15, 0.2) is 24.3 Å². The summed E-state index contributed by atoms with van der Waals surface area (Å²) < 4.78 is 0. The smallest absolute Gasteiger partial charge is 0.0830 e. The van der Waals surface area contributed by atoms with E-state index in [1.807, 2.05) is 31.2 Å². The Morgan fingerprint density at radius 1 is 1.31 bits per heavy atom. The monoisotopic (exact) mass is 221 g/mol. The van der Waals surface area contributed by atoms with Gasteiger partial charge in [-0.05, 0) is 31.4 Å². The maximum absolute atomic E-state index is 10.3. The van der Waals surface area contributed by atoms with Crippen LogP contribution in [0, 0.1) is 18.8 Å². The van der Waals surface area contributed by atoms with Gasteiger partial charge in [0, 0.05) is 5.92 Å². The fourth-order valence-electron chi connectivity index (χ4n) is 2.09. The molecular weight excluding hydrogens is 198 g/mol. The third kappa shape index (κ3) is 3.62. The van der Waals surface area contributed by atoms with Crippen LogP contribution in [-0.4, -0.2) is 11.7 Å². The predicted molar refractivity (Wildman–Crippen MR) is 68.1 cm³/mol. The normalized spacial score (nSPS) is 15.1. The van der Waals surface area contributed by atoms with E-state index in [1.54, 1.807) is 0 Å². The topological polar surface area (TPSA) is 46.2 Å². The summed E-state index contributed by atoms with van der Waals surface area (Å²) in [5.74, 6) is 0.717. The molecule has 1 rings (SSSR count). The van der Waals surface area contributed by atoms with Crippen molar-refractivity contribution >= 4 is 0 Å². The van der Waals surface area contributed by atoms with Crippen molar-refractivity contribution in [2.75, 3.05) is 6.54 Å². The Morgan fingerprint density at radius 3 is 2.50 bits per heavy atom. The summed E-state index contributed by atoms with van der Waals surface area (Å²) in [6, 6.07) is 8.03. The molecule has 0 fully saturated rings. The lowest BCUT2D eigenvalue weighted by Crippen LogP contribution is -2.23. The van der Waals surface area contributed by atoms with Gasteiger partial charge in [0.25, 0.3) is 0 Å². The highest BCUT2D eigenvalue weighted by atomic mass is 16.3. The summed E-state index contributed by atoms with van der Waals surface area (Å²) in [6.07, 6.45) is 0.526. The molecule has 1 aromatic rings. The van der Waals surface area contributed by atoms with Gasteiger partial charge >= 0.3 is 0 Å². The number of aryl methyl sites for hydroxylation is 1. The van der Waals surface area contributed by atoms with E-state index in [4.69, 9.17) is 5.73 Å². The zero-order valence-electron chi connectivity index (χ0n) is 10.5.